The maximum atomic E-state index is 13.5. The van der Waals surface area contributed by atoms with Crippen molar-refractivity contribution in [3.05, 3.63) is 0 Å². The Bertz CT molecular complexity index is 584. The first-order chi connectivity index (χ1) is 18.9. The van der Waals surface area contributed by atoms with E-state index >= 15 is 0 Å². The van der Waals surface area contributed by atoms with Crippen LogP contribution in [-0.2, 0) is 9.59 Å². The van der Waals surface area contributed by atoms with Crippen LogP contribution in [0.4, 0.5) is 0 Å². The molecule has 1 aliphatic rings. The van der Waals surface area contributed by atoms with E-state index in [4.69, 9.17) is 0 Å². The molecule has 4 nitrogen and oxygen atoms in total. The smallest absolute Gasteiger partial charge is 0.310 e. The van der Waals surface area contributed by atoms with Crippen molar-refractivity contribution in [3.63, 3.8) is 0 Å². The summed E-state index contributed by atoms with van der Waals surface area (Å²) in [7, 11) is 0. The Morgan fingerprint density at radius 2 is 0.923 bits per heavy atom. The molecule has 2 N–H and O–H groups in total. The zero-order valence-electron chi connectivity index (χ0n) is 26.2. The summed E-state index contributed by atoms with van der Waals surface area (Å²) in [6.45, 7) is 4.49. The van der Waals surface area contributed by atoms with E-state index in [0.29, 0.717) is 6.42 Å². The molecule has 4 heteroatoms. The second-order valence-corrected chi connectivity index (χ2v) is 13.0. The Hall–Kier alpha value is -1.06. The van der Waals surface area contributed by atoms with Gasteiger partial charge in [0.15, 0.2) is 0 Å². The first kappa shape index (κ1) is 36.0. The van der Waals surface area contributed by atoms with Gasteiger partial charge >= 0.3 is 11.9 Å². The summed E-state index contributed by atoms with van der Waals surface area (Å²) in [5, 5.41) is 20.8. The van der Waals surface area contributed by atoms with Crippen LogP contribution in [-0.4, -0.2) is 22.2 Å². The average Bonchev–Trinajstić information content (AvgIpc) is 2.92. The number of hydrogen-bond acceptors (Lipinski definition) is 2. The Morgan fingerprint density at radius 3 is 1.28 bits per heavy atom. The molecular formula is C35H66O4. The van der Waals surface area contributed by atoms with E-state index in [2.05, 4.69) is 13.8 Å². The molecule has 0 unspecified atom stereocenters. The highest BCUT2D eigenvalue weighted by Crippen LogP contribution is 2.57. The standard InChI is InChI=1S/C35H66O4/c1-3-5-7-9-11-16-20-24-29-35(33(38)39,30-25-21-17-12-10-8-6-4-2)34(31-26-32(36)37)27-22-18-14-13-15-19-23-28-34/h3-31H2,1-2H3,(H,36,37)(H,38,39). The van der Waals surface area contributed by atoms with Gasteiger partial charge in [0.25, 0.3) is 0 Å². The topological polar surface area (TPSA) is 74.6 Å². The van der Waals surface area contributed by atoms with Gasteiger partial charge in [0, 0.05) is 6.42 Å². The fourth-order valence-electron chi connectivity index (χ4n) is 7.47. The van der Waals surface area contributed by atoms with Gasteiger partial charge in [0.05, 0.1) is 5.41 Å². The summed E-state index contributed by atoms with van der Waals surface area (Å²) in [6, 6.07) is 0. The summed E-state index contributed by atoms with van der Waals surface area (Å²) in [6.07, 6.45) is 31.4. The molecule has 0 radical (unpaired) electrons. The molecule has 0 aliphatic heterocycles. The molecular weight excluding hydrogens is 484 g/mol. The number of carbonyl (C=O) groups is 2. The molecule has 0 aromatic heterocycles. The Morgan fingerprint density at radius 1 is 0.564 bits per heavy atom. The van der Waals surface area contributed by atoms with E-state index < -0.39 is 22.8 Å². The van der Waals surface area contributed by atoms with Crippen LogP contribution < -0.4 is 0 Å². The van der Waals surface area contributed by atoms with E-state index in [1.807, 2.05) is 0 Å². The van der Waals surface area contributed by atoms with Crippen LogP contribution in [0.15, 0.2) is 0 Å². The minimum atomic E-state index is -0.786. The molecule has 0 aromatic rings. The lowest BCUT2D eigenvalue weighted by molar-refractivity contribution is -0.165. The Balaban J connectivity index is 3.06. The summed E-state index contributed by atoms with van der Waals surface area (Å²) >= 11 is 0. The maximum Gasteiger partial charge on any atom is 0.310 e. The van der Waals surface area contributed by atoms with Gasteiger partial charge in [-0.1, -0.05) is 162 Å². The van der Waals surface area contributed by atoms with Crippen molar-refractivity contribution >= 4 is 11.9 Å². The van der Waals surface area contributed by atoms with E-state index in [1.165, 1.54) is 96.3 Å². The molecule has 1 aliphatic carbocycles. The van der Waals surface area contributed by atoms with Gasteiger partial charge in [-0.2, -0.15) is 0 Å². The second-order valence-electron chi connectivity index (χ2n) is 13.0. The van der Waals surface area contributed by atoms with Crippen molar-refractivity contribution in [1.82, 2.24) is 0 Å². The average molecular weight is 551 g/mol. The number of hydrogen-bond donors (Lipinski definition) is 2. The number of unbranched alkanes of at least 4 members (excludes halogenated alkanes) is 14. The highest BCUT2D eigenvalue weighted by atomic mass is 16.4. The molecule has 1 fully saturated rings. The Kier molecular flexibility index (Phi) is 20.8. The highest BCUT2D eigenvalue weighted by Gasteiger charge is 2.54. The molecule has 0 spiro atoms. The van der Waals surface area contributed by atoms with Crippen molar-refractivity contribution in [1.29, 1.82) is 0 Å². The lowest BCUT2D eigenvalue weighted by atomic mass is 9.53. The monoisotopic (exact) mass is 550 g/mol. The van der Waals surface area contributed by atoms with Crippen LogP contribution in [0.5, 0.6) is 0 Å². The van der Waals surface area contributed by atoms with E-state index in [1.54, 1.807) is 0 Å². The van der Waals surface area contributed by atoms with E-state index in [0.717, 1.165) is 77.0 Å². The number of rotatable bonds is 23. The van der Waals surface area contributed by atoms with E-state index in [9.17, 15) is 19.8 Å². The molecule has 0 bridgehead atoms. The van der Waals surface area contributed by atoms with Crippen molar-refractivity contribution < 1.29 is 19.8 Å². The maximum absolute atomic E-state index is 13.5. The van der Waals surface area contributed by atoms with Crippen molar-refractivity contribution in [3.8, 4) is 0 Å². The minimum Gasteiger partial charge on any atom is -0.481 e. The molecule has 0 aromatic carbocycles. The van der Waals surface area contributed by atoms with Crippen LogP contribution in [0.3, 0.4) is 0 Å². The van der Waals surface area contributed by atoms with Crippen molar-refractivity contribution in [2.24, 2.45) is 10.8 Å². The van der Waals surface area contributed by atoms with Crippen molar-refractivity contribution in [2.75, 3.05) is 0 Å². The normalized spacial score (nSPS) is 16.7. The molecule has 39 heavy (non-hydrogen) atoms. The predicted octanol–water partition coefficient (Wildman–Crippen LogP) is 11.5. The van der Waals surface area contributed by atoms with Crippen LogP contribution in [0.2, 0.25) is 0 Å². The predicted molar refractivity (Wildman–Crippen MR) is 165 cm³/mol. The molecule has 0 atom stereocenters. The fraction of sp³-hybridized carbons (Fsp3) is 0.943. The largest absolute Gasteiger partial charge is 0.481 e. The van der Waals surface area contributed by atoms with Crippen molar-refractivity contribution in [2.45, 2.75) is 200 Å². The van der Waals surface area contributed by atoms with Crippen LogP contribution >= 0.6 is 0 Å². The third-order valence-corrected chi connectivity index (χ3v) is 9.97. The van der Waals surface area contributed by atoms with E-state index in [-0.39, 0.29) is 6.42 Å². The third kappa shape index (κ3) is 14.4. The second kappa shape index (κ2) is 22.6. The first-order valence-corrected chi connectivity index (χ1v) is 17.4. The molecule has 0 heterocycles. The molecule has 1 saturated carbocycles. The summed E-state index contributed by atoms with van der Waals surface area (Å²) < 4.78 is 0. The summed E-state index contributed by atoms with van der Waals surface area (Å²) in [4.78, 5) is 25.3. The number of carboxylic acid groups (broad SMARTS) is 2. The van der Waals surface area contributed by atoms with Gasteiger partial charge in [-0.3, -0.25) is 9.59 Å². The fourth-order valence-corrected chi connectivity index (χ4v) is 7.47. The lowest BCUT2D eigenvalue weighted by Gasteiger charge is -2.50. The molecule has 0 amide bonds. The zero-order chi connectivity index (χ0) is 28.7. The van der Waals surface area contributed by atoms with Crippen LogP contribution in [0.25, 0.3) is 0 Å². The number of aliphatic carboxylic acids is 2. The molecule has 0 saturated heterocycles. The summed E-state index contributed by atoms with van der Waals surface area (Å²) in [5.74, 6) is -1.40. The summed E-state index contributed by atoms with van der Waals surface area (Å²) in [5.41, 5.74) is -1.18. The van der Waals surface area contributed by atoms with Crippen LogP contribution in [0, 0.1) is 10.8 Å². The van der Waals surface area contributed by atoms with Gasteiger partial charge in [0.1, 0.15) is 0 Å². The first-order valence-electron chi connectivity index (χ1n) is 17.4. The van der Waals surface area contributed by atoms with Gasteiger partial charge < -0.3 is 10.2 Å². The highest BCUT2D eigenvalue weighted by molar-refractivity contribution is 5.76. The van der Waals surface area contributed by atoms with Gasteiger partial charge in [-0.05, 0) is 37.5 Å². The van der Waals surface area contributed by atoms with Gasteiger partial charge in [-0.25, -0.2) is 0 Å². The quantitative estimate of drug-likeness (QED) is 0.124. The van der Waals surface area contributed by atoms with Gasteiger partial charge in [-0.15, -0.1) is 0 Å². The number of carboxylic acids is 2. The Labute approximate surface area is 242 Å². The zero-order valence-corrected chi connectivity index (χ0v) is 26.2. The molecule has 1 rings (SSSR count). The third-order valence-electron chi connectivity index (χ3n) is 9.97. The molecule has 230 valence electrons. The minimum absolute atomic E-state index is 0.101. The SMILES string of the molecule is CCCCCCCCCCC(CCCCCCCCCC)(C(=O)O)C1(CCC(=O)O)CCCCCCCCC1. The van der Waals surface area contributed by atoms with Gasteiger partial charge in [0.2, 0.25) is 0 Å². The lowest BCUT2D eigenvalue weighted by Crippen LogP contribution is -2.49. The van der Waals surface area contributed by atoms with Crippen LogP contribution in [0.1, 0.15) is 200 Å².